The van der Waals surface area contributed by atoms with Crippen LogP contribution in [0.25, 0.3) is 0 Å². The van der Waals surface area contributed by atoms with Crippen LogP contribution in [0.15, 0.2) is 0 Å². The third-order valence-electron chi connectivity index (χ3n) is 4.18. The number of hydrogen-bond donors (Lipinski definition) is 0. The molecule has 0 spiro atoms. The minimum atomic E-state index is 0.404. The average molecular weight is 331 g/mol. The standard InChI is InChI=1S/C9H19NO.C8H17NO.C2H6/c1-7(2)10-5-8(3)11-9(4)6-10;1-7(2)9-4-5-10-8(3)6-9;1-2/h7-9H,5-6H2,1-4H3;7-8H,4-6H2,1-3H3;1-2H3. The van der Waals surface area contributed by atoms with Crippen LogP contribution >= 0.6 is 0 Å². The first-order valence-electron chi connectivity index (χ1n) is 9.54. The molecular formula is C19H42N2O2. The van der Waals surface area contributed by atoms with E-state index in [0.29, 0.717) is 30.4 Å². The Bertz CT molecular complexity index is 275. The van der Waals surface area contributed by atoms with Crippen molar-refractivity contribution in [1.82, 2.24) is 9.80 Å². The highest BCUT2D eigenvalue weighted by molar-refractivity contribution is 4.75. The van der Waals surface area contributed by atoms with E-state index < -0.39 is 0 Å². The second-order valence-electron chi connectivity index (χ2n) is 7.08. The molecule has 2 aliphatic heterocycles. The number of hydrogen-bond acceptors (Lipinski definition) is 4. The molecule has 3 atom stereocenters. The van der Waals surface area contributed by atoms with Crippen LogP contribution in [0.4, 0.5) is 0 Å². The second kappa shape index (κ2) is 12.2. The first-order chi connectivity index (χ1) is 10.8. The minimum Gasteiger partial charge on any atom is -0.376 e. The fourth-order valence-corrected chi connectivity index (χ4v) is 2.95. The molecule has 3 unspecified atom stereocenters. The number of ether oxygens (including phenoxy) is 2. The molecule has 0 aromatic heterocycles. The molecule has 0 aliphatic carbocycles. The minimum absolute atomic E-state index is 0.404. The highest BCUT2D eigenvalue weighted by Crippen LogP contribution is 2.12. The molecule has 0 aromatic carbocycles. The Morgan fingerprint density at radius 2 is 1.17 bits per heavy atom. The average Bonchev–Trinajstić information content (AvgIpc) is 2.49. The van der Waals surface area contributed by atoms with Crippen molar-refractivity contribution in [1.29, 1.82) is 0 Å². The van der Waals surface area contributed by atoms with Gasteiger partial charge in [-0.25, -0.2) is 0 Å². The summed E-state index contributed by atoms with van der Waals surface area (Å²) in [6.45, 7) is 24.6. The van der Waals surface area contributed by atoms with Crippen molar-refractivity contribution in [3.63, 3.8) is 0 Å². The van der Waals surface area contributed by atoms with Gasteiger partial charge in [0, 0.05) is 38.3 Å². The van der Waals surface area contributed by atoms with Crippen molar-refractivity contribution in [3.05, 3.63) is 0 Å². The van der Waals surface area contributed by atoms with Crippen LogP contribution in [0.3, 0.4) is 0 Å². The first kappa shape index (κ1) is 22.8. The fourth-order valence-electron chi connectivity index (χ4n) is 2.95. The zero-order valence-electron chi connectivity index (χ0n) is 17.1. The van der Waals surface area contributed by atoms with E-state index in [1.165, 1.54) is 0 Å². The SMILES string of the molecule is CC.CC1CN(C(C)C)CC(C)O1.CC1CN(C(C)C)CCO1. The maximum Gasteiger partial charge on any atom is 0.0678 e. The second-order valence-corrected chi connectivity index (χ2v) is 7.08. The van der Waals surface area contributed by atoms with Crippen LogP contribution in [-0.2, 0) is 9.47 Å². The van der Waals surface area contributed by atoms with Gasteiger partial charge in [-0.1, -0.05) is 13.8 Å². The van der Waals surface area contributed by atoms with Gasteiger partial charge in [-0.3, -0.25) is 9.80 Å². The lowest BCUT2D eigenvalue weighted by atomic mass is 10.2. The van der Waals surface area contributed by atoms with Gasteiger partial charge in [-0.05, 0) is 48.5 Å². The van der Waals surface area contributed by atoms with Gasteiger partial charge in [-0.2, -0.15) is 0 Å². The van der Waals surface area contributed by atoms with Gasteiger partial charge in [0.05, 0.1) is 24.9 Å². The fraction of sp³-hybridized carbons (Fsp3) is 1.00. The summed E-state index contributed by atoms with van der Waals surface area (Å²) in [6.07, 6.45) is 1.23. The molecule has 2 saturated heterocycles. The van der Waals surface area contributed by atoms with Crippen molar-refractivity contribution in [2.75, 3.05) is 32.8 Å². The normalized spacial score (nSPS) is 29.6. The molecule has 0 bridgehead atoms. The molecule has 4 heteroatoms. The van der Waals surface area contributed by atoms with Crippen molar-refractivity contribution >= 4 is 0 Å². The molecule has 0 aromatic rings. The van der Waals surface area contributed by atoms with Gasteiger partial charge < -0.3 is 9.47 Å². The number of nitrogens with zero attached hydrogens (tertiary/aromatic N) is 2. The van der Waals surface area contributed by atoms with Crippen LogP contribution in [0, 0.1) is 0 Å². The Kier molecular flexibility index (Phi) is 12.2. The number of morpholine rings is 2. The monoisotopic (exact) mass is 330 g/mol. The summed E-state index contributed by atoms with van der Waals surface area (Å²) in [5.41, 5.74) is 0. The summed E-state index contributed by atoms with van der Waals surface area (Å²) in [6, 6.07) is 1.33. The summed E-state index contributed by atoms with van der Waals surface area (Å²) in [5.74, 6) is 0. The lowest BCUT2D eigenvalue weighted by molar-refractivity contribution is -0.0764. The Labute approximate surface area is 145 Å². The summed E-state index contributed by atoms with van der Waals surface area (Å²) in [5, 5.41) is 0. The number of rotatable bonds is 2. The van der Waals surface area contributed by atoms with Gasteiger partial charge in [0.1, 0.15) is 0 Å². The van der Waals surface area contributed by atoms with Crippen molar-refractivity contribution in [3.8, 4) is 0 Å². The van der Waals surface area contributed by atoms with Crippen LogP contribution in [-0.4, -0.2) is 73.0 Å². The third kappa shape index (κ3) is 9.65. The van der Waals surface area contributed by atoms with Crippen molar-refractivity contribution in [2.45, 2.75) is 92.7 Å². The van der Waals surface area contributed by atoms with Crippen LogP contribution in [0.1, 0.15) is 62.3 Å². The zero-order valence-corrected chi connectivity index (χ0v) is 17.1. The van der Waals surface area contributed by atoms with E-state index in [4.69, 9.17) is 9.47 Å². The Balaban J connectivity index is 0.000000381. The van der Waals surface area contributed by atoms with E-state index in [1.54, 1.807) is 0 Å². The van der Waals surface area contributed by atoms with E-state index in [9.17, 15) is 0 Å². The summed E-state index contributed by atoms with van der Waals surface area (Å²) in [4.78, 5) is 4.92. The van der Waals surface area contributed by atoms with E-state index in [-0.39, 0.29) is 0 Å². The Hall–Kier alpha value is -0.160. The molecule has 2 aliphatic rings. The molecule has 2 fully saturated rings. The molecule has 140 valence electrons. The van der Waals surface area contributed by atoms with Crippen LogP contribution in [0.5, 0.6) is 0 Å². The summed E-state index contributed by atoms with van der Waals surface area (Å²) >= 11 is 0. The predicted octanol–water partition coefficient (Wildman–Crippen LogP) is 3.65. The molecule has 2 heterocycles. The van der Waals surface area contributed by atoms with Gasteiger partial charge in [0.15, 0.2) is 0 Å². The van der Waals surface area contributed by atoms with Gasteiger partial charge in [-0.15, -0.1) is 0 Å². The quantitative estimate of drug-likeness (QED) is 0.771. The summed E-state index contributed by atoms with van der Waals surface area (Å²) in [7, 11) is 0. The van der Waals surface area contributed by atoms with Gasteiger partial charge in [0.2, 0.25) is 0 Å². The molecule has 23 heavy (non-hydrogen) atoms. The molecule has 0 amide bonds. The highest BCUT2D eigenvalue weighted by atomic mass is 16.5. The molecule has 0 radical (unpaired) electrons. The first-order valence-corrected chi connectivity index (χ1v) is 9.54. The Morgan fingerprint density at radius 1 is 0.739 bits per heavy atom. The topological polar surface area (TPSA) is 24.9 Å². The smallest absolute Gasteiger partial charge is 0.0678 e. The lowest BCUT2D eigenvalue weighted by Gasteiger charge is -2.37. The van der Waals surface area contributed by atoms with E-state index in [1.807, 2.05) is 13.8 Å². The van der Waals surface area contributed by atoms with Crippen LogP contribution < -0.4 is 0 Å². The molecule has 4 nitrogen and oxygen atoms in total. The lowest BCUT2D eigenvalue weighted by Crippen LogP contribution is -2.48. The van der Waals surface area contributed by atoms with E-state index in [2.05, 4.69) is 58.3 Å². The van der Waals surface area contributed by atoms with Crippen molar-refractivity contribution < 1.29 is 9.47 Å². The zero-order chi connectivity index (χ0) is 18.0. The third-order valence-corrected chi connectivity index (χ3v) is 4.18. The maximum atomic E-state index is 5.62. The maximum absolute atomic E-state index is 5.62. The van der Waals surface area contributed by atoms with Crippen LogP contribution in [0.2, 0.25) is 0 Å². The molecule has 2 rings (SSSR count). The molecule has 0 N–H and O–H groups in total. The molecular weight excluding hydrogens is 288 g/mol. The van der Waals surface area contributed by atoms with Gasteiger partial charge >= 0.3 is 0 Å². The highest BCUT2D eigenvalue weighted by Gasteiger charge is 2.23. The van der Waals surface area contributed by atoms with Crippen molar-refractivity contribution in [2.24, 2.45) is 0 Å². The largest absolute Gasteiger partial charge is 0.376 e. The van der Waals surface area contributed by atoms with E-state index in [0.717, 1.165) is 32.8 Å². The Morgan fingerprint density at radius 3 is 1.52 bits per heavy atom. The van der Waals surface area contributed by atoms with E-state index >= 15 is 0 Å². The summed E-state index contributed by atoms with van der Waals surface area (Å²) < 4.78 is 11.0. The van der Waals surface area contributed by atoms with Gasteiger partial charge in [0.25, 0.3) is 0 Å². The predicted molar refractivity (Wildman–Crippen MR) is 100 cm³/mol. The molecule has 0 saturated carbocycles.